The second kappa shape index (κ2) is 33.6. The van der Waals surface area contributed by atoms with Crippen LogP contribution in [0, 0.1) is 0 Å². The van der Waals surface area contributed by atoms with Gasteiger partial charge in [0, 0.05) is 13.7 Å². The largest absolute Gasteiger partial charge is 0.382 e. The van der Waals surface area contributed by atoms with E-state index in [4.69, 9.17) is 42.6 Å². The molecule has 0 aliphatic rings. The van der Waals surface area contributed by atoms with Gasteiger partial charge in [-0.3, -0.25) is 0 Å². The molecule has 0 atom stereocenters. The molecule has 9 heteroatoms. The van der Waals surface area contributed by atoms with Crippen molar-refractivity contribution >= 4 is 0 Å². The van der Waals surface area contributed by atoms with Crippen molar-refractivity contribution < 1.29 is 42.6 Å². The van der Waals surface area contributed by atoms with E-state index in [1.165, 1.54) is 38.5 Å². The predicted octanol–water partition coefficient (Wildman–Crippen LogP) is 3.52. The zero-order valence-electron chi connectivity index (χ0n) is 22.6. The molecule has 0 saturated heterocycles. The molecule has 0 aromatic rings. The van der Waals surface area contributed by atoms with Gasteiger partial charge in [0.2, 0.25) is 0 Å². The first-order valence-corrected chi connectivity index (χ1v) is 13.5. The molecule has 0 aromatic carbocycles. The van der Waals surface area contributed by atoms with Gasteiger partial charge in [0.1, 0.15) is 0 Å². The van der Waals surface area contributed by atoms with Crippen molar-refractivity contribution in [3.8, 4) is 0 Å². The summed E-state index contributed by atoms with van der Waals surface area (Å²) in [5.74, 6) is 0. The van der Waals surface area contributed by atoms with Crippen molar-refractivity contribution in [2.75, 3.05) is 119 Å². The highest BCUT2D eigenvalue weighted by molar-refractivity contribution is 4.45. The van der Waals surface area contributed by atoms with Crippen LogP contribution in [-0.2, 0) is 42.6 Å². The van der Waals surface area contributed by atoms with Crippen LogP contribution in [0.15, 0.2) is 0 Å². The second-order valence-corrected chi connectivity index (χ2v) is 8.01. The lowest BCUT2D eigenvalue weighted by molar-refractivity contribution is -0.0243. The number of methoxy groups -OCH3 is 1. The molecule has 0 N–H and O–H groups in total. The standard InChI is InChI=1S/C26H54O9/c1-3-4-5-6-7-8-9-10-28-13-14-30-17-18-32-21-22-34-25-26-35-24-23-33-20-19-31-16-15-29-12-11-27-2/h3-26H2,1-2H3. The molecular weight excluding hydrogens is 456 g/mol. The van der Waals surface area contributed by atoms with Crippen LogP contribution >= 0.6 is 0 Å². The molecule has 0 aromatic heterocycles. The lowest BCUT2D eigenvalue weighted by Crippen LogP contribution is -2.15. The average Bonchev–Trinajstić information content (AvgIpc) is 2.87. The maximum atomic E-state index is 5.59. The molecule has 35 heavy (non-hydrogen) atoms. The molecule has 0 rings (SSSR count). The molecular formula is C26H54O9. The van der Waals surface area contributed by atoms with Crippen LogP contribution in [-0.4, -0.2) is 119 Å². The molecule has 0 radical (unpaired) electrons. The van der Waals surface area contributed by atoms with Crippen molar-refractivity contribution in [2.45, 2.75) is 51.9 Å². The molecule has 212 valence electrons. The summed E-state index contributed by atoms with van der Waals surface area (Å²) in [6, 6.07) is 0. The minimum absolute atomic E-state index is 0.542. The van der Waals surface area contributed by atoms with E-state index in [-0.39, 0.29) is 0 Å². The van der Waals surface area contributed by atoms with Gasteiger partial charge in [0.25, 0.3) is 0 Å². The maximum Gasteiger partial charge on any atom is 0.0701 e. The van der Waals surface area contributed by atoms with E-state index in [0.29, 0.717) is 106 Å². The molecule has 0 aliphatic heterocycles. The van der Waals surface area contributed by atoms with Gasteiger partial charge in [-0.05, 0) is 6.42 Å². The molecule has 0 aliphatic carbocycles. The summed E-state index contributed by atoms with van der Waals surface area (Å²) in [5, 5.41) is 0. The van der Waals surface area contributed by atoms with Crippen molar-refractivity contribution in [2.24, 2.45) is 0 Å². The van der Waals surface area contributed by atoms with E-state index >= 15 is 0 Å². The van der Waals surface area contributed by atoms with Crippen LogP contribution in [0.1, 0.15) is 51.9 Å². The fraction of sp³-hybridized carbons (Fsp3) is 1.00. The topological polar surface area (TPSA) is 83.1 Å². The fourth-order valence-electron chi connectivity index (χ4n) is 2.94. The molecule has 0 amide bonds. The molecule has 0 fully saturated rings. The van der Waals surface area contributed by atoms with E-state index < -0.39 is 0 Å². The molecule has 0 spiro atoms. The first kappa shape index (κ1) is 34.6. The van der Waals surface area contributed by atoms with Crippen LogP contribution in [0.4, 0.5) is 0 Å². The van der Waals surface area contributed by atoms with Crippen LogP contribution in [0.2, 0.25) is 0 Å². The SMILES string of the molecule is CCCCCCCCCOCCOCCOCCOCCOCCOCCOCCOCCOC. The Hall–Kier alpha value is -0.360. The normalized spacial score (nSPS) is 11.5. The molecule has 0 bridgehead atoms. The number of hydrogen-bond donors (Lipinski definition) is 0. The molecule has 9 nitrogen and oxygen atoms in total. The number of rotatable bonds is 32. The van der Waals surface area contributed by atoms with Crippen molar-refractivity contribution in [1.29, 1.82) is 0 Å². The zero-order chi connectivity index (χ0) is 25.3. The van der Waals surface area contributed by atoms with E-state index in [9.17, 15) is 0 Å². The Morgan fingerprint density at radius 1 is 0.286 bits per heavy atom. The Morgan fingerprint density at radius 3 is 0.857 bits per heavy atom. The van der Waals surface area contributed by atoms with E-state index in [1.54, 1.807) is 7.11 Å². The second-order valence-electron chi connectivity index (χ2n) is 8.01. The Labute approximate surface area is 214 Å². The first-order valence-electron chi connectivity index (χ1n) is 13.5. The van der Waals surface area contributed by atoms with E-state index in [0.717, 1.165) is 13.0 Å². The molecule has 0 unspecified atom stereocenters. The monoisotopic (exact) mass is 510 g/mol. The van der Waals surface area contributed by atoms with Gasteiger partial charge >= 0.3 is 0 Å². The van der Waals surface area contributed by atoms with Gasteiger partial charge in [0.15, 0.2) is 0 Å². The van der Waals surface area contributed by atoms with Crippen LogP contribution in [0.25, 0.3) is 0 Å². The minimum atomic E-state index is 0.542. The number of ether oxygens (including phenoxy) is 9. The van der Waals surface area contributed by atoms with Gasteiger partial charge in [-0.15, -0.1) is 0 Å². The van der Waals surface area contributed by atoms with Gasteiger partial charge in [-0.2, -0.15) is 0 Å². The number of hydrogen-bond acceptors (Lipinski definition) is 9. The Morgan fingerprint density at radius 2 is 0.543 bits per heavy atom. The van der Waals surface area contributed by atoms with Crippen LogP contribution in [0.3, 0.4) is 0 Å². The van der Waals surface area contributed by atoms with E-state index in [2.05, 4.69) is 6.92 Å². The third-order valence-electron chi connectivity index (χ3n) is 4.93. The van der Waals surface area contributed by atoms with E-state index in [1.807, 2.05) is 0 Å². The summed E-state index contributed by atoms with van der Waals surface area (Å²) in [4.78, 5) is 0. The highest BCUT2D eigenvalue weighted by atomic mass is 16.6. The zero-order valence-corrected chi connectivity index (χ0v) is 22.6. The summed E-state index contributed by atoms with van der Waals surface area (Å²) in [5.41, 5.74) is 0. The maximum absolute atomic E-state index is 5.59. The third kappa shape index (κ3) is 33.6. The van der Waals surface area contributed by atoms with Gasteiger partial charge in [0.05, 0.1) is 106 Å². The lowest BCUT2D eigenvalue weighted by Gasteiger charge is -2.08. The minimum Gasteiger partial charge on any atom is -0.382 e. The highest BCUT2D eigenvalue weighted by Crippen LogP contribution is 2.06. The van der Waals surface area contributed by atoms with Gasteiger partial charge in [-0.1, -0.05) is 45.4 Å². The lowest BCUT2D eigenvalue weighted by atomic mass is 10.1. The number of unbranched alkanes of at least 4 members (excludes halogenated alkanes) is 6. The summed E-state index contributed by atoms with van der Waals surface area (Å²) in [6.45, 7) is 12.2. The molecule has 0 saturated carbocycles. The van der Waals surface area contributed by atoms with Crippen molar-refractivity contribution in [1.82, 2.24) is 0 Å². The van der Waals surface area contributed by atoms with Crippen molar-refractivity contribution in [3.63, 3.8) is 0 Å². The molecule has 0 heterocycles. The van der Waals surface area contributed by atoms with Crippen molar-refractivity contribution in [3.05, 3.63) is 0 Å². The Balaban J connectivity index is 3.00. The Bertz CT molecular complexity index is 330. The predicted molar refractivity (Wildman–Crippen MR) is 136 cm³/mol. The summed E-state index contributed by atoms with van der Waals surface area (Å²) >= 11 is 0. The van der Waals surface area contributed by atoms with Crippen LogP contribution < -0.4 is 0 Å². The fourth-order valence-corrected chi connectivity index (χ4v) is 2.94. The third-order valence-corrected chi connectivity index (χ3v) is 4.93. The van der Waals surface area contributed by atoms with Gasteiger partial charge in [-0.25, -0.2) is 0 Å². The average molecular weight is 511 g/mol. The quantitative estimate of drug-likeness (QED) is 0.126. The van der Waals surface area contributed by atoms with Crippen LogP contribution in [0.5, 0.6) is 0 Å². The highest BCUT2D eigenvalue weighted by Gasteiger charge is 1.96. The first-order chi connectivity index (χ1) is 17.4. The van der Waals surface area contributed by atoms with Gasteiger partial charge < -0.3 is 42.6 Å². The summed E-state index contributed by atoms with van der Waals surface area (Å²) in [7, 11) is 1.65. The Kier molecular flexibility index (Phi) is 33.3. The summed E-state index contributed by atoms with van der Waals surface area (Å²) < 4.78 is 48.5. The summed E-state index contributed by atoms with van der Waals surface area (Å²) in [6.07, 6.45) is 9.14. The smallest absolute Gasteiger partial charge is 0.0701 e.